The molecule has 0 bridgehead atoms. The topological polar surface area (TPSA) is 50.7 Å². The number of unbranched alkanes of at least 4 members (excludes halogenated alkanes) is 2. The minimum atomic E-state index is -0.275. The number of nitrogens with one attached hydrogen (secondary N) is 1. The number of aliphatic hydroxyl groups is 1. The summed E-state index contributed by atoms with van der Waals surface area (Å²) in [4.78, 5) is 0. The third-order valence-corrected chi connectivity index (χ3v) is 3.91. The van der Waals surface area contributed by atoms with Crippen molar-refractivity contribution >= 4 is 12.4 Å². The van der Waals surface area contributed by atoms with Crippen molar-refractivity contribution in [3.05, 3.63) is 59.4 Å². The predicted molar refractivity (Wildman–Crippen MR) is 104 cm³/mol. The van der Waals surface area contributed by atoms with E-state index in [4.69, 9.17) is 14.6 Å². The molecule has 0 saturated heterocycles. The molecule has 2 N–H and O–H groups in total. The summed E-state index contributed by atoms with van der Waals surface area (Å²) in [5, 5.41) is 12.1. The Labute approximate surface area is 160 Å². The van der Waals surface area contributed by atoms with Gasteiger partial charge in [-0.15, -0.1) is 12.4 Å². The molecule has 0 aliphatic rings. The van der Waals surface area contributed by atoms with E-state index in [9.17, 15) is 4.39 Å². The average Bonchev–Trinajstić information content (AvgIpc) is 2.64. The molecule has 0 atom stereocenters. The van der Waals surface area contributed by atoms with E-state index in [1.54, 1.807) is 25.3 Å². The SMILES string of the molecule is COc1cc(CNCCCCCO)ccc1OCc1ccccc1F.Cl. The Kier molecular flexibility index (Phi) is 10.7. The molecule has 6 heteroatoms. The molecule has 0 spiro atoms. The first-order chi connectivity index (χ1) is 12.2. The van der Waals surface area contributed by atoms with Crippen LogP contribution in [0.3, 0.4) is 0 Å². The molecule has 2 rings (SSSR count). The summed E-state index contributed by atoms with van der Waals surface area (Å²) in [5.41, 5.74) is 1.61. The molecule has 0 aromatic heterocycles. The zero-order valence-electron chi connectivity index (χ0n) is 15.0. The Morgan fingerprint density at radius 1 is 1.04 bits per heavy atom. The molecule has 0 amide bonds. The molecule has 2 aromatic carbocycles. The van der Waals surface area contributed by atoms with Crippen LogP contribution in [0.2, 0.25) is 0 Å². The fourth-order valence-corrected chi connectivity index (χ4v) is 2.48. The molecule has 0 saturated carbocycles. The number of methoxy groups -OCH3 is 1. The number of ether oxygens (including phenoxy) is 2. The van der Waals surface area contributed by atoms with Crippen molar-refractivity contribution in [2.24, 2.45) is 0 Å². The van der Waals surface area contributed by atoms with Crippen LogP contribution >= 0.6 is 12.4 Å². The quantitative estimate of drug-likeness (QED) is 0.574. The first kappa shape index (κ1) is 22.2. The van der Waals surface area contributed by atoms with Crippen LogP contribution in [-0.2, 0) is 13.2 Å². The van der Waals surface area contributed by atoms with Crippen LogP contribution in [0.25, 0.3) is 0 Å². The molecule has 144 valence electrons. The van der Waals surface area contributed by atoms with Gasteiger partial charge in [-0.25, -0.2) is 4.39 Å². The number of rotatable bonds is 11. The number of hydrogen-bond donors (Lipinski definition) is 2. The van der Waals surface area contributed by atoms with Crippen molar-refractivity contribution in [2.45, 2.75) is 32.4 Å². The Hall–Kier alpha value is -1.82. The van der Waals surface area contributed by atoms with E-state index < -0.39 is 0 Å². The second kappa shape index (κ2) is 12.5. The van der Waals surface area contributed by atoms with Crippen LogP contribution in [0.4, 0.5) is 4.39 Å². The summed E-state index contributed by atoms with van der Waals surface area (Å²) >= 11 is 0. The van der Waals surface area contributed by atoms with Crippen LogP contribution < -0.4 is 14.8 Å². The Balaban J connectivity index is 0.00000338. The van der Waals surface area contributed by atoms with Gasteiger partial charge in [0.2, 0.25) is 0 Å². The average molecular weight is 384 g/mol. The summed E-state index contributed by atoms with van der Waals surface area (Å²) < 4.78 is 24.8. The second-order valence-electron chi connectivity index (χ2n) is 5.83. The Bertz CT molecular complexity index is 655. The number of hydrogen-bond acceptors (Lipinski definition) is 4. The minimum Gasteiger partial charge on any atom is -0.493 e. The van der Waals surface area contributed by atoms with Gasteiger partial charge in [0.25, 0.3) is 0 Å². The van der Waals surface area contributed by atoms with Crippen LogP contribution in [-0.4, -0.2) is 25.4 Å². The van der Waals surface area contributed by atoms with Crippen molar-refractivity contribution in [1.29, 1.82) is 0 Å². The summed E-state index contributed by atoms with van der Waals surface area (Å²) in [7, 11) is 1.59. The van der Waals surface area contributed by atoms with Gasteiger partial charge in [0.1, 0.15) is 12.4 Å². The van der Waals surface area contributed by atoms with Gasteiger partial charge in [-0.1, -0.05) is 24.3 Å². The van der Waals surface area contributed by atoms with Crippen molar-refractivity contribution in [3.63, 3.8) is 0 Å². The summed E-state index contributed by atoms with van der Waals surface area (Å²) in [6.45, 7) is 2.06. The monoisotopic (exact) mass is 383 g/mol. The predicted octanol–water partition coefficient (Wildman–Crippen LogP) is 4.09. The minimum absolute atomic E-state index is 0. The highest BCUT2D eigenvalue weighted by Gasteiger charge is 2.08. The molecule has 0 aliphatic heterocycles. The number of benzene rings is 2. The van der Waals surface area contributed by atoms with Gasteiger partial charge < -0.3 is 19.9 Å². The molecule has 4 nitrogen and oxygen atoms in total. The lowest BCUT2D eigenvalue weighted by Gasteiger charge is -2.13. The zero-order valence-corrected chi connectivity index (χ0v) is 15.9. The van der Waals surface area contributed by atoms with Crippen LogP contribution in [0.15, 0.2) is 42.5 Å². The van der Waals surface area contributed by atoms with Crippen molar-refractivity contribution < 1.29 is 19.0 Å². The molecule has 26 heavy (non-hydrogen) atoms. The first-order valence-corrected chi connectivity index (χ1v) is 8.59. The third kappa shape index (κ3) is 7.20. The lowest BCUT2D eigenvalue weighted by molar-refractivity contribution is 0.279. The normalized spacial score (nSPS) is 10.3. The van der Waals surface area contributed by atoms with E-state index in [2.05, 4.69) is 5.32 Å². The molecule has 0 unspecified atom stereocenters. The highest BCUT2D eigenvalue weighted by molar-refractivity contribution is 5.85. The first-order valence-electron chi connectivity index (χ1n) is 8.59. The van der Waals surface area contributed by atoms with Gasteiger partial charge in [-0.3, -0.25) is 0 Å². The largest absolute Gasteiger partial charge is 0.493 e. The van der Waals surface area contributed by atoms with Crippen LogP contribution in [0, 0.1) is 5.82 Å². The maximum absolute atomic E-state index is 13.7. The maximum Gasteiger partial charge on any atom is 0.161 e. The molecule has 2 aromatic rings. The van der Waals surface area contributed by atoms with E-state index in [-0.39, 0.29) is 31.4 Å². The van der Waals surface area contributed by atoms with Gasteiger partial charge in [0.05, 0.1) is 7.11 Å². The van der Waals surface area contributed by atoms with Crippen LogP contribution in [0.5, 0.6) is 11.5 Å². The van der Waals surface area contributed by atoms with Gasteiger partial charge in [-0.05, 0) is 49.6 Å². The van der Waals surface area contributed by atoms with Crippen molar-refractivity contribution in [2.75, 3.05) is 20.3 Å². The van der Waals surface area contributed by atoms with E-state index in [1.807, 2.05) is 18.2 Å². The molecular weight excluding hydrogens is 357 g/mol. The van der Waals surface area contributed by atoms with E-state index in [1.165, 1.54) is 6.07 Å². The van der Waals surface area contributed by atoms with Crippen molar-refractivity contribution in [3.8, 4) is 11.5 Å². The highest BCUT2D eigenvalue weighted by atomic mass is 35.5. The van der Waals surface area contributed by atoms with Crippen LogP contribution in [0.1, 0.15) is 30.4 Å². The maximum atomic E-state index is 13.7. The lowest BCUT2D eigenvalue weighted by Crippen LogP contribution is -2.14. The fourth-order valence-electron chi connectivity index (χ4n) is 2.48. The molecule has 0 fully saturated rings. The molecule has 0 heterocycles. The molecule has 0 radical (unpaired) electrons. The standard InChI is InChI=1S/C20H26FNO3.ClH/c1-24-20-13-16(14-22-11-5-2-6-12-23)9-10-19(20)25-15-17-7-3-4-8-18(17)21;/h3-4,7-10,13,22-23H,2,5-6,11-12,14-15H2,1H3;1H. The smallest absolute Gasteiger partial charge is 0.161 e. The van der Waals surface area contributed by atoms with E-state index >= 15 is 0 Å². The Morgan fingerprint density at radius 2 is 1.85 bits per heavy atom. The fraction of sp³-hybridized carbons (Fsp3) is 0.400. The lowest BCUT2D eigenvalue weighted by atomic mass is 10.2. The molecule has 0 aliphatic carbocycles. The number of aliphatic hydroxyl groups excluding tert-OH is 1. The molecular formula is C20H27ClFNO3. The number of halogens is 2. The van der Waals surface area contributed by atoms with E-state index in [0.29, 0.717) is 17.1 Å². The summed E-state index contributed by atoms with van der Waals surface area (Å²) in [5.74, 6) is 0.955. The van der Waals surface area contributed by atoms with Crippen molar-refractivity contribution in [1.82, 2.24) is 5.32 Å². The van der Waals surface area contributed by atoms with Gasteiger partial charge in [0.15, 0.2) is 11.5 Å². The van der Waals surface area contributed by atoms with Gasteiger partial charge in [0, 0.05) is 18.7 Å². The summed E-state index contributed by atoms with van der Waals surface area (Å²) in [6, 6.07) is 12.3. The third-order valence-electron chi connectivity index (χ3n) is 3.91. The summed E-state index contributed by atoms with van der Waals surface area (Å²) in [6.07, 6.45) is 2.92. The highest BCUT2D eigenvalue weighted by Crippen LogP contribution is 2.29. The van der Waals surface area contributed by atoms with E-state index in [0.717, 1.165) is 37.9 Å². The van der Waals surface area contributed by atoms with Gasteiger partial charge >= 0.3 is 0 Å². The Morgan fingerprint density at radius 3 is 2.58 bits per heavy atom. The van der Waals surface area contributed by atoms with Gasteiger partial charge in [-0.2, -0.15) is 0 Å². The zero-order chi connectivity index (χ0) is 17.9. The second-order valence-corrected chi connectivity index (χ2v) is 5.83.